The molecule has 0 radical (unpaired) electrons. The van der Waals surface area contributed by atoms with E-state index < -0.39 is 5.91 Å². The molecule has 2 aromatic heterocycles. The van der Waals surface area contributed by atoms with Crippen LogP contribution in [0.5, 0.6) is 0 Å². The van der Waals surface area contributed by atoms with Crippen LogP contribution in [0.2, 0.25) is 0 Å². The van der Waals surface area contributed by atoms with Gasteiger partial charge in [0.1, 0.15) is 23.2 Å². The van der Waals surface area contributed by atoms with Gasteiger partial charge in [0, 0.05) is 26.0 Å². The number of rotatable bonds is 6. The van der Waals surface area contributed by atoms with Gasteiger partial charge in [-0.3, -0.25) is 9.59 Å². The van der Waals surface area contributed by atoms with Gasteiger partial charge in [-0.25, -0.2) is 4.98 Å². The molecule has 0 aliphatic carbocycles. The lowest BCUT2D eigenvalue weighted by Crippen LogP contribution is -2.34. The van der Waals surface area contributed by atoms with Crippen LogP contribution in [-0.4, -0.2) is 20.4 Å². The maximum Gasteiger partial charge on any atom is 0.261 e. The van der Waals surface area contributed by atoms with Crippen LogP contribution < -0.4 is 5.43 Å². The van der Waals surface area contributed by atoms with Gasteiger partial charge in [0.2, 0.25) is 5.43 Å². The molecule has 2 heterocycles. The summed E-state index contributed by atoms with van der Waals surface area (Å²) in [6, 6.07) is 25.1. The van der Waals surface area contributed by atoms with Crippen LogP contribution in [0.4, 0.5) is 0 Å². The summed E-state index contributed by atoms with van der Waals surface area (Å²) in [6.07, 6.45) is 4.79. The quantitative estimate of drug-likeness (QED) is 0.364. The molecule has 6 heteroatoms. The van der Waals surface area contributed by atoms with Gasteiger partial charge in [0.05, 0.1) is 11.9 Å². The van der Waals surface area contributed by atoms with E-state index >= 15 is 0 Å². The van der Waals surface area contributed by atoms with Crippen molar-refractivity contribution in [1.29, 1.82) is 0 Å². The molecular formula is C28H23N3O3. The van der Waals surface area contributed by atoms with Gasteiger partial charge in [-0.15, -0.1) is 0 Å². The summed E-state index contributed by atoms with van der Waals surface area (Å²) in [5.41, 5.74) is 3.24. The molecule has 0 unspecified atom stereocenters. The Hall–Kier alpha value is -4.45. The van der Waals surface area contributed by atoms with Crippen LogP contribution in [0.15, 0.2) is 107 Å². The summed E-state index contributed by atoms with van der Waals surface area (Å²) in [7, 11) is 1.88. The van der Waals surface area contributed by atoms with Crippen LogP contribution in [0.3, 0.4) is 0 Å². The van der Waals surface area contributed by atoms with Gasteiger partial charge in [0.15, 0.2) is 0 Å². The molecule has 34 heavy (non-hydrogen) atoms. The van der Waals surface area contributed by atoms with Gasteiger partial charge in [0.25, 0.3) is 5.91 Å². The van der Waals surface area contributed by atoms with E-state index in [9.17, 15) is 9.59 Å². The van der Waals surface area contributed by atoms with Crippen LogP contribution >= 0.6 is 0 Å². The number of aryl methyl sites for hydroxylation is 1. The zero-order valence-corrected chi connectivity index (χ0v) is 18.7. The first-order valence-corrected chi connectivity index (χ1v) is 11.0. The Morgan fingerprint density at radius 2 is 1.71 bits per heavy atom. The number of carbonyl (C=O) groups is 1. The average molecular weight is 450 g/mol. The highest BCUT2D eigenvalue weighted by molar-refractivity contribution is 5.96. The summed E-state index contributed by atoms with van der Waals surface area (Å²) < 4.78 is 7.48. The Labute approximate surface area is 196 Å². The number of fused-ring (bicyclic) bond motifs is 1. The number of nitrogens with zero attached hydrogens (tertiary/aromatic N) is 3. The minimum Gasteiger partial charge on any atom is -0.463 e. The molecule has 3 aromatic carbocycles. The van der Waals surface area contributed by atoms with E-state index in [1.807, 2.05) is 54.2 Å². The second-order valence-corrected chi connectivity index (χ2v) is 8.16. The van der Waals surface area contributed by atoms with Crippen molar-refractivity contribution in [2.75, 3.05) is 0 Å². The number of aromatic nitrogens is 2. The minimum atomic E-state index is -0.396. The molecule has 0 aliphatic heterocycles. The SMILES string of the molecule is Cn1ccnc1CN(Cc1cccc(-c2ccccc2)c1)C(=O)c1coc2ccccc2c1=O. The van der Waals surface area contributed by atoms with Crippen molar-refractivity contribution in [2.24, 2.45) is 7.05 Å². The molecule has 0 spiro atoms. The number of para-hydroxylation sites is 1. The first-order valence-electron chi connectivity index (χ1n) is 11.0. The Balaban J connectivity index is 1.52. The highest BCUT2D eigenvalue weighted by atomic mass is 16.3. The lowest BCUT2D eigenvalue weighted by Gasteiger charge is -2.23. The molecule has 168 valence electrons. The molecule has 0 saturated heterocycles. The smallest absolute Gasteiger partial charge is 0.261 e. The lowest BCUT2D eigenvalue weighted by molar-refractivity contribution is 0.0721. The molecule has 5 rings (SSSR count). The Morgan fingerprint density at radius 1 is 0.941 bits per heavy atom. The maximum atomic E-state index is 13.6. The van der Waals surface area contributed by atoms with E-state index in [1.54, 1.807) is 35.4 Å². The maximum absolute atomic E-state index is 13.6. The average Bonchev–Trinajstić information content (AvgIpc) is 3.28. The van der Waals surface area contributed by atoms with Crippen molar-refractivity contribution >= 4 is 16.9 Å². The molecule has 0 bridgehead atoms. The van der Waals surface area contributed by atoms with Crippen LogP contribution in [0.1, 0.15) is 21.7 Å². The second kappa shape index (κ2) is 9.19. The van der Waals surface area contributed by atoms with Crippen molar-refractivity contribution in [1.82, 2.24) is 14.5 Å². The van der Waals surface area contributed by atoms with Gasteiger partial charge < -0.3 is 13.9 Å². The molecule has 1 amide bonds. The monoisotopic (exact) mass is 449 g/mol. The Kier molecular flexibility index (Phi) is 5.79. The molecule has 5 aromatic rings. The second-order valence-electron chi connectivity index (χ2n) is 8.16. The first-order chi connectivity index (χ1) is 16.6. The number of carbonyl (C=O) groups excluding carboxylic acids is 1. The largest absolute Gasteiger partial charge is 0.463 e. The van der Waals surface area contributed by atoms with Gasteiger partial charge in [-0.05, 0) is 34.9 Å². The van der Waals surface area contributed by atoms with E-state index in [2.05, 4.69) is 23.2 Å². The van der Waals surface area contributed by atoms with Gasteiger partial charge in [-0.1, -0.05) is 60.7 Å². The van der Waals surface area contributed by atoms with Crippen LogP contribution in [0.25, 0.3) is 22.1 Å². The van der Waals surface area contributed by atoms with E-state index in [1.165, 1.54) is 6.26 Å². The number of hydrogen-bond acceptors (Lipinski definition) is 4. The third-order valence-corrected chi connectivity index (χ3v) is 5.86. The number of benzene rings is 3. The van der Waals surface area contributed by atoms with Gasteiger partial charge in [-0.2, -0.15) is 0 Å². The van der Waals surface area contributed by atoms with Crippen molar-refractivity contribution in [2.45, 2.75) is 13.1 Å². The predicted octanol–water partition coefficient (Wildman–Crippen LogP) is 5.04. The zero-order chi connectivity index (χ0) is 23.5. The molecular weight excluding hydrogens is 426 g/mol. The van der Waals surface area contributed by atoms with E-state index in [0.717, 1.165) is 22.5 Å². The Bertz CT molecular complexity index is 1520. The Morgan fingerprint density at radius 3 is 2.50 bits per heavy atom. The van der Waals surface area contributed by atoms with Crippen molar-refractivity contribution in [3.8, 4) is 11.1 Å². The van der Waals surface area contributed by atoms with E-state index in [4.69, 9.17) is 4.42 Å². The van der Waals surface area contributed by atoms with Crippen LogP contribution in [0, 0.1) is 0 Å². The molecule has 0 atom stereocenters. The zero-order valence-electron chi connectivity index (χ0n) is 18.7. The minimum absolute atomic E-state index is 0.00660. The molecule has 0 aliphatic rings. The molecule has 0 saturated carbocycles. The normalized spacial score (nSPS) is 11.0. The van der Waals surface area contributed by atoms with E-state index in [0.29, 0.717) is 17.5 Å². The summed E-state index contributed by atoms with van der Waals surface area (Å²) in [4.78, 5) is 32.8. The fourth-order valence-electron chi connectivity index (χ4n) is 4.02. The molecule has 0 fully saturated rings. The predicted molar refractivity (Wildman–Crippen MR) is 131 cm³/mol. The number of imidazole rings is 1. The fraction of sp³-hybridized carbons (Fsp3) is 0.107. The van der Waals surface area contributed by atoms with Crippen molar-refractivity contribution in [3.63, 3.8) is 0 Å². The highest BCUT2D eigenvalue weighted by Crippen LogP contribution is 2.22. The van der Waals surface area contributed by atoms with Crippen molar-refractivity contribution in [3.05, 3.63) is 125 Å². The molecule has 6 nitrogen and oxygen atoms in total. The number of hydrogen-bond donors (Lipinski definition) is 0. The van der Waals surface area contributed by atoms with Crippen LogP contribution in [-0.2, 0) is 20.1 Å². The summed E-state index contributed by atoms with van der Waals surface area (Å²) in [5.74, 6) is 0.324. The molecule has 0 N–H and O–H groups in total. The third kappa shape index (κ3) is 4.26. The third-order valence-electron chi connectivity index (χ3n) is 5.86. The first kappa shape index (κ1) is 21.4. The van der Waals surface area contributed by atoms with Crippen molar-refractivity contribution < 1.29 is 9.21 Å². The van der Waals surface area contributed by atoms with E-state index in [-0.39, 0.29) is 17.5 Å². The standard InChI is InChI=1S/C28H23N3O3/c1-30-15-14-29-26(30)18-31(17-20-8-7-11-22(16-20)21-9-3-2-4-10-21)28(33)24-19-34-25-13-6-5-12-23(25)27(24)32/h2-16,19H,17-18H2,1H3. The topological polar surface area (TPSA) is 68.3 Å². The fourth-order valence-corrected chi connectivity index (χ4v) is 4.02. The van der Waals surface area contributed by atoms with Gasteiger partial charge >= 0.3 is 0 Å². The highest BCUT2D eigenvalue weighted by Gasteiger charge is 2.23. The summed E-state index contributed by atoms with van der Waals surface area (Å²) >= 11 is 0. The number of amides is 1. The summed E-state index contributed by atoms with van der Waals surface area (Å²) in [6.45, 7) is 0.572. The summed E-state index contributed by atoms with van der Waals surface area (Å²) in [5, 5.41) is 0.386. The lowest BCUT2D eigenvalue weighted by atomic mass is 10.0.